The van der Waals surface area contributed by atoms with Crippen LogP contribution in [0.2, 0.25) is 0 Å². The molecule has 0 bridgehead atoms. The first-order valence-corrected chi connectivity index (χ1v) is 9.77. The number of hydrogen-bond donors (Lipinski definition) is 2. The van der Waals surface area contributed by atoms with Crippen LogP contribution in [0.5, 0.6) is 0 Å². The van der Waals surface area contributed by atoms with Crippen molar-refractivity contribution >= 4 is 28.3 Å². The van der Waals surface area contributed by atoms with Crippen molar-refractivity contribution in [3.05, 3.63) is 5.51 Å². The molecule has 25 heavy (non-hydrogen) atoms. The normalized spacial score (nSPS) is 23.1. The van der Waals surface area contributed by atoms with Gasteiger partial charge in [-0.3, -0.25) is 24.7 Å². The summed E-state index contributed by atoms with van der Waals surface area (Å²) in [5.74, 6) is -0.318. The van der Waals surface area contributed by atoms with Gasteiger partial charge in [-0.25, -0.2) is 0 Å². The molecule has 1 aromatic heterocycles. The molecular weight excluding hydrogens is 340 g/mol. The molecule has 3 rings (SSSR count). The van der Waals surface area contributed by atoms with E-state index in [1.54, 1.807) is 5.51 Å². The molecule has 1 atom stereocenters. The minimum absolute atomic E-state index is 0.0960. The van der Waals surface area contributed by atoms with Crippen LogP contribution in [0.15, 0.2) is 5.51 Å². The van der Waals surface area contributed by atoms with Gasteiger partial charge in [0.2, 0.25) is 16.9 Å². The zero-order valence-electron chi connectivity index (χ0n) is 14.6. The first-order chi connectivity index (χ1) is 12.0. The van der Waals surface area contributed by atoms with Crippen LogP contribution in [0.3, 0.4) is 0 Å². The van der Waals surface area contributed by atoms with E-state index in [4.69, 9.17) is 5.73 Å². The van der Waals surface area contributed by atoms with Crippen molar-refractivity contribution in [3.63, 3.8) is 0 Å². The van der Waals surface area contributed by atoms with Crippen LogP contribution in [-0.2, 0) is 9.59 Å². The minimum atomic E-state index is -0.549. The average molecular weight is 366 g/mol. The number of primary amides is 1. The Morgan fingerprint density at radius 2 is 1.92 bits per heavy atom. The van der Waals surface area contributed by atoms with Gasteiger partial charge >= 0.3 is 0 Å². The third-order valence-corrected chi connectivity index (χ3v) is 6.17. The number of piperidine rings is 2. The number of nitrogens with two attached hydrogens (primary N) is 1. The van der Waals surface area contributed by atoms with E-state index in [-0.39, 0.29) is 17.9 Å². The lowest BCUT2D eigenvalue weighted by Crippen LogP contribution is -2.64. The minimum Gasteiger partial charge on any atom is -0.368 e. The molecule has 0 aromatic carbocycles. The van der Waals surface area contributed by atoms with Crippen LogP contribution >= 0.6 is 11.3 Å². The van der Waals surface area contributed by atoms with Gasteiger partial charge in [-0.2, -0.15) is 0 Å². The summed E-state index contributed by atoms with van der Waals surface area (Å²) in [7, 11) is 0. The molecule has 0 spiro atoms. The van der Waals surface area contributed by atoms with Gasteiger partial charge < -0.3 is 5.73 Å². The maximum absolute atomic E-state index is 12.4. The summed E-state index contributed by atoms with van der Waals surface area (Å²) in [6, 6.07) is -0.281. The van der Waals surface area contributed by atoms with E-state index in [2.05, 4.69) is 25.3 Å². The van der Waals surface area contributed by atoms with E-state index in [9.17, 15) is 9.59 Å². The van der Waals surface area contributed by atoms with E-state index in [0.717, 1.165) is 25.9 Å². The molecule has 3 heterocycles. The fourth-order valence-corrected chi connectivity index (χ4v) is 4.37. The second-order valence-corrected chi connectivity index (χ2v) is 7.72. The van der Waals surface area contributed by atoms with Crippen LogP contribution in [-0.4, -0.2) is 69.6 Å². The molecule has 3 N–H and O–H groups in total. The fourth-order valence-electron chi connectivity index (χ4n) is 3.92. The smallest absolute Gasteiger partial charge is 0.243 e. The summed E-state index contributed by atoms with van der Waals surface area (Å²) in [4.78, 5) is 29.0. The third kappa shape index (κ3) is 3.83. The Labute approximate surface area is 151 Å². The van der Waals surface area contributed by atoms with Gasteiger partial charge in [-0.05, 0) is 45.7 Å². The Balaban J connectivity index is 1.61. The molecule has 0 saturated carbocycles. The summed E-state index contributed by atoms with van der Waals surface area (Å²) < 4.78 is 0. The predicted octanol–water partition coefficient (Wildman–Crippen LogP) is 0.671. The van der Waals surface area contributed by atoms with Crippen molar-refractivity contribution < 1.29 is 9.59 Å². The molecule has 138 valence electrons. The molecule has 9 heteroatoms. The summed E-state index contributed by atoms with van der Waals surface area (Å²) in [5.41, 5.74) is 6.85. The van der Waals surface area contributed by atoms with Gasteiger partial charge in [0.25, 0.3) is 0 Å². The Morgan fingerprint density at radius 3 is 2.48 bits per heavy atom. The van der Waals surface area contributed by atoms with Gasteiger partial charge in [0.1, 0.15) is 11.0 Å². The first-order valence-electron chi connectivity index (χ1n) is 8.89. The van der Waals surface area contributed by atoms with Gasteiger partial charge in [0, 0.05) is 13.1 Å². The standard InChI is InChI=1S/C16H26N6O2S/c1-12(13(23)19-15-20-18-11-25-15)21-9-5-16(6-10-21,14(17)24)22-7-3-2-4-8-22/h11-12H,2-10H2,1H3,(H2,17,24)(H,19,20,23). The highest BCUT2D eigenvalue weighted by Gasteiger charge is 2.46. The zero-order chi connectivity index (χ0) is 17.9. The van der Waals surface area contributed by atoms with E-state index in [0.29, 0.717) is 31.1 Å². The molecule has 2 aliphatic rings. The molecule has 8 nitrogen and oxygen atoms in total. The lowest BCUT2D eigenvalue weighted by atomic mass is 9.83. The average Bonchev–Trinajstić information content (AvgIpc) is 3.14. The van der Waals surface area contributed by atoms with E-state index in [1.807, 2.05) is 6.92 Å². The molecule has 0 aliphatic carbocycles. The fraction of sp³-hybridized carbons (Fsp3) is 0.750. The van der Waals surface area contributed by atoms with Crippen LogP contribution in [0, 0.1) is 0 Å². The second kappa shape index (κ2) is 7.76. The van der Waals surface area contributed by atoms with Gasteiger partial charge in [-0.15, -0.1) is 10.2 Å². The lowest BCUT2D eigenvalue weighted by Gasteiger charge is -2.48. The topological polar surface area (TPSA) is 104 Å². The van der Waals surface area contributed by atoms with E-state index in [1.165, 1.54) is 17.8 Å². The van der Waals surface area contributed by atoms with Gasteiger partial charge in [-0.1, -0.05) is 17.8 Å². The summed E-state index contributed by atoms with van der Waals surface area (Å²) in [6.07, 6.45) is 4.83. The van der Waals surface area contributed by atoms with Gasteiger partial charge in [0.15, 0.2) is 0 Å². The number of rotatable bonds is 5. The Bertz CT molecular complexity index is 594. The van der Waals surface area contributed by atoms with Crippen LogP contribution < -0.4 is 11.1 Å². The maximum Gasteiger partial charge on any atom is 0.243 e. The Morgan fingerprint density at radius 1 is 1.24 bits per heavy atom. The van der Waals surface area contributed by atoms with Crippen LogP contribution in [0.1, 0.15) is 39.0 Å². The first kappa shape index (κ1) is 18.2. The highest BCUT2D eigenvalue weighted by molar-refractivity contribution is 7.13. The predicted molar refractivity (Wildman–Crippen MR) is 96.2 cm³/mol. The summed E-state index contributed by atoms with van der Waals surface area (Å²) >= 11 is 1.30. The second-order valence-electron chi connectivity index (χ2n) is 6.89. The number of hydrogen-bond acceptors (Lipinski definition) is 7. The van der Waals surface area contributed by atoms with Crippen molar-refractivity contribution in [2.24, 2.45) is 5.73 Å². The monoisotopic (exact) mass is 366 g/mol. The van der Waals surface area contributed by atoms with Crippen molar-refractivity contribution in [1.29, 1.82) is 0 Å². The van der Waals surface area contributed by atoms with Gasteiger partial charge in [0.05, 0.1) is 6.04 Å². The number of amides is 2. The van der Waals surface area contributed by atoms with Crippen molar-refractivity contribution in [1.82, 2.24) is 20.0 Å². The molecular formula is C16H26N6O2S. The highest BCUT2D eigenvalue weighted by Crippen LogP contribution is 2.32. The summed E-state index contributed by atoms with van der Waals surface area (Å²) in [5, 5.41) is 10.9. The summed E-state index contributed by atoms with van der Waals surface area (Å²) in [6.45, 7) is 5.13. The largest absolute Gasteiger partial charge is 0.368 e. The highest BCUT2D eigenvalue weighted by atomic mass is 32.1. The molecule has 0 radical (unpaired) electrons. The quantitative estimate of drug-likeness (QED) is 0.794. The Kier molecular flexibility index (Phi) is 5.65. The Hall–Kier alpha value is -1.58. The number of carbonyl (C=O) groups is 2. The molecule has 1 unspecified atom stereocenters. The number of nitrogens with one attached hydrogen (secondary N) is 1. The molecule has 2 fully saturated rings. The van der Waals surface area contributed by atoms with Crippen molar-refractivity contribution in [2.75, 3.05) is 31.5 Å². The number of aromatic nitrogens is 2. The van der Waals surface area contributed by atoms with E-state index >= 15 is 0 Å². The number of likely N-dealkylation sites (tertiary alicyclic amines) is 2. The SMILES string of the molecule is CC(C(=O)Nc1nncs1)N1CCC(C(N)=O)(N2CCCCC2)CC1. The molecule has 1 aromatic rings. The van der Waals surface area contributed by atoms with Crippen molar-refractivity contribution in [3.8, 4) is 0 Å². The molecule has 2 aliphatic heterocycles. The maximum atomic E-state index is 12.4. The third-order valence-electron chi connectivity index (χ3n) is 5.56. The zero-order valence-corrected chi connectivity index (χ0v) is 15.4. The van der Waals surface area contributed by atoms with Crippen LogP contribution in [0.25, 0.3) is 0 Å². The lowest BCUT2D eigenvalue weighted by molar-refractivity contribution is -0.136. The number of anilines is 1. The molecule has 2 amide bonds. The number of carbonyl (C=O) groups excluding carboxylic acids is 2. The van der Waals surface area contributed by atoms with Crippen molar-refractivity contribution in [2.45, 2.75) is 50.6 Å². The number of nitrogens with zero attached hydrogens (tertiary/aromatic N) is 4. The molecule has 2 saturated heterocycles. The van der Waals surface area contributed by atoms with Crippen LogP contribution in [0.4, 0.5) is 5.13 Å². The van der Waals surface area contributed by atoms with E-state index < -0.39 is 5.54 Å².